The maximum atomic E-state index is 4.01. The standard InChI is InChI=1S/C4H6N6/c1-2-9(3-5-1)10-4-6-7-8-10/h3-4H,1-2H2. The van der Waals surface area contributed by atoms with Gasteiger partial charge in [-0.3, -0.25) is 10.0 Å². The predicted molar refractivity (Wildman–Crippen MR) is 34.3 cm³/mol. The molecule has 0 saturated carbocycles. The summed E-state index contributed by atoms with van der Waals surface area (Å²) in [5.74, 6) is 0. The molecule has 0 aliphatic carbocycles. The Bertz CT molecular complexity index is 226. The zero-order valence-corrected chi connectivity index (χ0v) is 5.25. The summed E-state index contributed by atoms with van der Waals surface area (Å²) >= 11 is 0. The molecule has 2 heterocycles. The average Bonchev–Trinajstić information content (AvgIpc) is 2.59. The fraction of sp³-hybridized carbons (Fsp3) is 0.500. The Morgan fingerprint density at radius 3 is 3.00 bits per heavy atom. The van der Waals surface area contributed by atoms with Crippen LogP contribution in [0.1, 0.15) is 0 Å². The second kappa shape index (κ2) is 2.05. The molecule has 6 nitrogen and oxygen atoms in total. The fourth-order valence-corrected chi connectivity index (χ4v) is 0.799. The Hall–Kier alpha value is -1.46. The number of aromatic nitrogens is 4. The van der Waals surface area contributed by atoms with E-state index in [0.29, 0.717) is 0 Å². The fourth-order valence-electron chi connectivity index (χ4n) is 0.799. The lowest BCUT2D eigenvalue weighted by molar-refractivity contribution is 0.630. The van der Waals surface area contributed by atoms with Crippen molar-refractivity contribution in [2.45, 2.75) is 0 Å². The van der Waals surface area contributed by atoms with E-state index < -0.39 is 0 Å². The van der Waals surface area contributed by atoms with Crippen molar-refractivity contribution in [1.82, 2.24) is 20.3 Å². The maximum absolute atomic E-state index is 4.01. The second-order valence-electron chi connectivity index (χ2n) is 1.91. The van der Waals surface area contributed by atoms with Crippen LogP contribution >= 0.6 is 0 Å². The highest BCUT2D eigenvalue weighted by Gasteiger charge is 2.06. The summed E-state index contributed by atoms with van der Waals surface area (Å²) in [6, 6.07) is 0. The van der Waals surface area contributed by atoms with E-state index >= 15 is 0 Å². The summed E-state index contributed by atoms with van der Waals surface area (Å²) in [7, 11) is 0. The summed E-state index contributed by atoms with van der Waals surface area (Å²) in [4.78, 5) is 5.56. The van der Waals surface area contributed by atoms with Crippen LogP contribution in [0.25, 0.3) is 0 Å². The number of nitrogens with zero attached hydrogens (tertiary/aromatic N) is 6. The minimum Gasteiger partial charge on any atom is -0.272 e. The summed E-state index contributed by atoms with van der Waals surface area (Å²) < 4.78 is 0. The van der Waals surface area contributed by atoms with E-state index in [1.165, 1.54) is 6.33 Å². The van der Waals surface area contributed by atoms with Gasteiger partial charge < -0.3 is 0 Å². The van der Waals surface area contributed by atoms with Gasteiger partial charge in [-0.25, -0.2) is 0 Å². The third kappa shape index (κ3) is 0.734. The van der Waals surface area contributed by atoms with Gasteiger partial charge in [0.15, 0.2) is 6.33 Å². The molecular weight excluding hydrogens is 132 g/mol. The quantitative estimate of drug-likeness (QED) is 0.481. The zero-order valence-electron chi connectivity index (χ0n) is 5.25. The number of rotatable bonds is 1. The molecule has 0 radical (unpaired) electrons. The number of hydrogen-bond acceptors (Lipinski definition) is 5. The molecule has 0 fully saturated rings. The van der Waals surface area contributed by atoms with E-state index in [2.05, 4.69) is 20.5 Å². The van der Waals surface area contributed by atoms with Crippen molar-refractivity contribution in [1.29, 1.82) is 0 Å². The van der Waals surface area contributed by atoms with Crippen molar-refractivity contribution < 1.29 is 0 Å². The Balaban J connectivity index is 2.20. The van der Waals surface area contributed by atoms with Gasteiger partial charge in [-0.1, -0.05) is 0 Å². The van der Waals surface area contributed by atoms with Gasteiger partial charge in [-0.2, -0.15) is 0 Å². The number of aliphatic imine (C=N–C) groups is 1. The van der Waals surface area contributed by atoms with E-state index in [0.717, 1.165) is 13.1 Å². The molecule has 0 unspecified atom stereocenters. The Labute approximate surface area is 57.1 Å². The molecule has 0 atom stereocenters. The highest BCUT2D eigenvalue weighted by atomic mass is 15.7. The minimum absolute atomic E-state index is 0.819. The molecule has 6 heteroatoms. The summed E-state index contributed by atoms with van der Waals surface area (Å²) in [5, 5.41) is 12.5. The molecule has 0 N–H and O–H groups in total. The van der Waals surface area contributed by atoms with Crippen LogP contribution < -0.4 is 5.01 Å². The Kier molecular flexibility index (Phi) is 1.09. The summed E-state index contributed by atoms with van der Waals surface area (Å²) in [6.07, 6.45) is 3.26. The van der Waals surface area contributed by atoms with Crippen LogP contribution in [0.5, 0.6) is 0 Å². The molecule has 0 bridgehead atoms. The summed E-state index contributed by atoms with van der Waals surface area (Å²) in [6.45, 7) is 1.67. The molecule has 1 aromatic rings. The molecule has 1 aromatic heterocycles. The van der Waals surface area contributed by atoms with Crippen molar-refractivity contribution in [3.8, 4) is 0 Å². The van der Waals surface area contributed by atoms with E-state index in [9.17, 15) is 0 Å². The van der Waals surface area contributed by atoms with Gasteiger partial charge in [0.25, 0.3) is 0 Å². The van der Waals surface area contributed by atoms with Gasteiger partial charge in [0.05, 0.1) is 13.1 Å². The molecule has 1 aliphatic heterocycles. The molecule has 1 aliphatic rings. The largest absolute Gasteiger partial charge is 0.272 e. The SMILES string of the molecule is C1=NCCN1n1cnnn1. The van der Waals surface area contributed by atoms with Crippen molar-refractivity contribution in [2.75, 3.05) is 18.1 Å². The van der Waals surface area contributed by atoms with E-state index in [4.69, 9.17) is 0 Å². The lowest BCUT2D eigenvalue weighted by atomic mass is 10.7. The third-order valence-electron chi connectivity index (χ3n) is 1.27. The molecule has 0 amide bonds. The first-order valence-corrected chi connectivity index (χ1v) is 2.97. The number of hydrogen-bond donors (Lipinski definition) is 0. The van der Waals surface area contributed by atoms with E-state index in [1.807, 2.05) is 5.01 Å². The molecule has 0 aromatic carbocycles. The van der Waals surface area contributed by atoms with Gasteiger partial charge in [0.2, 0.25) is 0 Å². The lowest BCUT2D eigenvalue weighted by Crippen LogP contribution is -2.31. The Morgan fingerprint density at radius 1 is 1.40 bits per heavy atom. The molecule has 0 saturated heterocycles. The van der Waals surface area contributed by atoms with Crippen LogP contribution in [-0.2, 0) is 0 Å². The van der Waals surface area contributed by atoms with Gasteiger partial charge in [-0.15, -0.1) is 9.89 Å². The molecule has 10 heavy (non-hydrogen) atoms. The van der Waals surface area contributed by atoms with Crippen LogP contribution in [0.3, 0.4) is 0 Å². The Morgan fingerprint density at radius 2 is 2.40 bits per heavy atom. The number of tetrazole rings is 1. The third-order valence-corrected chi connectivity index (χ3v) is 1.27. The lowest BCUT2D eigenvalue weighted by Gasteiger charge is -2.09. The molecule has 2 rings (SSSR count). The first-order chi connectivity index (χ1) is 4.97. The first-order valence-electron chi connectivity index (χ1n) is 2.97. The highest BCUT2D eigenvalue weighted by Crippen LogP contribution is 1.89. The van der Waals surface area contributed by atoms with Gasteiger partial charge in [-0.05, 0) is 10.4 Å². The van der Waals surface area contributed by atoms with Crippen molar-refractivity contribution in [2.24, 2.45) is 4.99 Å². The van der Waals surface area contributed by atoms with Gasteiger partial charge in [0, 0.05) is 0 Å². The van der Waals surface area contributed by atoms with Crippen LogP contribution in [0.2, 0.25) is 0 Å². The molecule has 52 valence electrons. The van der Waals surface area contributed by atoms with E-state index in [-0.39, 0.29) is 0 Å². The molecular formula is C4H6N6. The van der Waals surface area contributed by atoms with Crippen LogP contribution in [-0.4, -0.2) is 39.7 Å². The van der Waals surface area contributed by atoms with Crippen molar-refractivity contribution in [3.63, 3.8) is 0 Å². The maximum Gasteiger partial charge on any atom is 0.162 e. The zero-order chi connectivity index (χ0) is 6.81. The smallest absolute Gasteiger partial charge is 0.162 e. The monoisotopic (exact) mass is 138 g/mol. The van der Waals surface area contributed by atoms with Crippen molar-refractivity contribution in [3.05, 3.63) is 6.33 Å². The average molecular weight is 138 g/mol. The van der Waals surface area contributed by atoms with Crippen LogP contribution in [0, 0.1) is 0 Å². The minimum atomic E-state index is 0.819. The van der Waals surface area contributed by atoms with E-state index in [1.54, 1.807) is 11.1 Å². The summed E-state index contributed by atoms with van der Waals surface area (Å²) in [5.41, 5.74) is 0. The van der Waals surface area contributed by atoms with Crippen LogP contribution in [0.4, 0.5) is 0 Å². The normalized spacial score (nSPS) is 16.6. The van der Waals surface area contributed by atoms with Crippen molar-refractivity contribution >= 4 is 6.34 Å². The molecule has 0 spiro atoms. The van der Waals surface area contributed by atoms with Crippen LogP contribution in [0.15, 0.2) is 11.3 Å². The highest BCUT2D eigenvalue weighted by molar-refractivity contribution is 5.68. The second-order valence-corrected chi connectivity index (χ2v) is 1.91. The topological polar surface area (TPSA) is 59.2 Å². The van der Waals surface area contributed by atoms with Gasteiger partial charge in [0.1, 0.15) is 6.34 Å². The van der Waals surface area contributed by atoms with Gasteiger partial charge >= 0.3 is 0 Å². The first kappa shape index (κ1) is 5.33. The predicted octanol–water partition coefficient (Wildman–Crippen LogP) is -1.35.